The van der Waals surface area contributed by atoms with Crippen molar-refractivity contribution in [3.8, 4) is 11.3 Å². The molecule has 0 saturated carbocycles. The van der Waals surface area contributed by atoms with Gasteiger partial charge < -0.3 is 4.90 Å². The van der Waals surface area contributed by atoms with Crippen LogP contribution >= 0.6 is 0 Å². The van der Waals surface area contributed by atoms with Crippen LogP contribution in [0.5, 0.6) is 0 Å². The fraction of sp³-hybridized carbons (Fsp3) is 0.440. The largest absolute Gasteiger partial charge is 0.303 e. The van der Waals surface area contributed by atoms with Gasteiger partial charge in [-0.05, 0) is 55.8 Å². The molecule has 30 heavy (non-hydrogen) atoms. The highest BCUT2D eigenvalue weighted by molar-refractivity contribution is 5.88. The van der Waals surface area contributed by atoms with Gasteiger partial charge in [0.25, 0.3) is 0 Å². The van der Waals surface area contributed by atoms with Crippen LogP contribution in [0.25, 0.3) is 22.0 Å². The van der Waals surface area contributed by atoms with E-state index >= 15 is 0 Å². The Bertz CT molecular complexity index is 1000. The van der Waals surface area contributed by atoms with Crippen LogP contribution in [0, 0.1) is 11.8 Å². The highest BCUT2D eigenvalue weighted by atomic mass is 16.1. The summed E-state index contributed by atoms with van der Waals surface area (Å²) in [7, 11) is 0. The maximum absolute atomic E-state index is 13.0. The second-order valence-corrected chi connectivity index (χ2v) is 8.79. The number of hydrogen-bond donors (Lipinski definition) is 0. The van der Waals surface area contributed by atoms with Gasteiger partial charge in [-0.1, -0.05) is 26.0 Å². The Morgan fingerprint density at radius 1 is 1.07 bits per heavy atom. The smallest absolute Gasteiger partial charge is 0.141 e. The van der Waals surface area contributed by atoms with Gasteiger partial charge in [-0.2, -0.15) is 0 Å². The van der Waals surface area contributed by atoms with Gasteiger partial charge in [-0.25, -0.2) is 0 Å². The lowest BCUT2D eigenvalue weighted by atomic mass is 9.92. The van der Waals surface area contributed by atoms with E-state index in [2.05, 4.69) is 45.8 Å². The molecule has 1 aliphatic heterocycles. The van der Waals surface area contributed by atoms with Crippen molar-refractivity contribution in [1.82, 2.24) is 19.9 Å². The Balaban J connectivity index is 1.46. The van der Waals surface area contributed by atoms with Gasteiger partial charge in [0.2, 0.25) is 0 Å². The monoisotopic (exact) mass is 402 g/mol. The predicted octanol–water partition coefficient (Wildman–Crippen LogP) is 4.56. The van der Waals surface area contributed by atoms with Crippen molar-refractivity contribution in [2.24, 2.45) is 11.8 Å². The topological polar surface area (TPSA) is 59.0 Å². The lowest BCUT2D eigenvalue weighted by Gasteiger charge is -2.22. The number of nitrogens with zero attached hydrogens (tertiary/aromatic N) is 4. The first-order valence-electron chi connectivity index (χ1n) is 11.0. The number of Topliss-reactive ketones (excluding diaryl/α,β-unsaturated/α-hetero) is 1. The predicted molar refractivity (Wildman–Crippen MR) is 120 cm³/mol. The number of carbonyl (C=O) groups is 1. The molecular formula is C25H30N4O. The van der Waals surface area contributed by atoms with E-state index in [4.69, 9.17) is 0 Å². The maximum atomic E-state index is 13.0. The number of pyridine rings is 1. The highest BCUT2D eigenvalue weighted by Crippen LogP contribution is 2.24. The van der Waals surface area contributed by atoms with Crippen molar-refractivity contribution in [3.05, 3.63) is 54.7 Å². The molecule has 2 aromatic heterocycles. The van der Waals surface area contributed by atoms with Crippen molar-refractivity contribution in [2.45, 2.75) is 39.5 Å². The van der Waals surface area contributed by atoms with Crippen LogP contribution in [0.1, 0.15) is 38.8 Å². The number of fused-ring (bicyclic) bond motifs is 1. The molecular weight excluding hydrogens is 372 g/mol. The molecule has 5 heteroatoms. The summed E-state index contributed by atoms with van der Waals surface area (Å²) in [5.41, 5.74) is 2.72. The molecule has 1 fully saturated rings. The van der Waals surface area contributed by atoms with Crippen molar-refractivity contribution in [1.29, 1.82) is 0 Å². The zero-order valence-electron chi connectivity index (χ0n) is 17.9. The zero-order valence-corrected chi connectivity index (χ0v) is 17.9. The first-order valence-corrected chi connectivity index (χ1v) is 11.0. The number of ketones is 1. The number of hydrogen-bond acceptors (Lipinski definition) is 5. The van der Waals surface area contributed by atoms with Crippen LogP contribution in [0.4, 0.5) is 0 Å². The minimum Gasteiger partial charge on any atom is -0.303 e. The van der Waals surface area contributed by atoms with E-state index in [9.17, 15) is 4.79 Å². The lowest BCUT2D eigenvalue weighted by molar-refractivity contribution is -0.122. The summed E-state index contributed by atoms with van der Waals surface area (Å²) in [6.45, 7) is 7.78. The summed E-state index contributed by atoms with van der Waals surface area (Å²) < 4.78 is 0. The maximum Gasteiger partial charge on any atom is 0.141 e. The summed E-state index contributed by atoms with van der Waals surface area (Å²) >= 11 is 0. The summed E-state index contributed by atoms with van der Waals surface area (Å²) in [5.74, 6) is 1.16. The molecule has 1 unspecified atom stereocenters. The van der Waals surface area contributed by atoms with Gasteiger partial charge in [0.05, 0.1) is 11.9 Å². The van der Waals surface area contributed by atoms with Gasteiger partial charge in [-0.3, -0.25) is 19.7 Å². The number of rotatable bonds is 6. The Morgan fingerprint density at radius 2 is 1.97 bits per heavy atom. The van der Waals surface area contributed by atoms with Gasteiger partial charge in [-0.15, -0.1) is 0 Å². The first kappa shape index (κ1) is 20.6. The van der Waals surface area contributed by atoms with Crippen LogP contribution in [0.3, 0.4) is 0 Å². The van der Waals surface area contributed by atoms with Gasteiger partial charge in [0.1, 0.15) is 5.78 Å². The number of likely N-dealkylation sites (tertiary alicyclic amines) is 1. The minimum absolute atomic E-state index is 0.158. The average Bonchev–Trinajstić information content (AvgIpc) is 2.99. The fourth-order valence-electron chi connectivity index (χ4n) is 4.39. The summed E-state index contributed by atoms with van der Waals surface area (Å²) in [6, 6.07) is 8.24. The molecule has 0 aliphatic carbocycles. The van der Waals surface area contributed by atoms with Crippen LogP contribution in [0.15, 0.2) is 49.1 Å². The number of benzene rings is 1. The second-order valence-electron chi connectivity index (χ2n) is 8.79. The molecule has 1 atom stereocenters. The molecule has 0 N–H and O–H groups in total. The van der Waals surface area contributed by atoms with E-state index in [1.807, 2.05) is 18.3 Å². The lowest BCUT2D eigenvalue weighted by Crippen LogP contribution is -2.29. The van der Waals surface area contributed by atoms with E-state index in [1.165, 1.54) is 0 Å². The van der Waals surface area contributed by atoms with Crippen molar-refractivity contribution < 1.29 is 4.79 Å². The van der Waals surface area contributed by atoms with Crippen LogP contribution in [0.2, 0.25) is 0 Å². The van der Waals surface area contributed by atoms with Crippen LogP contribution < -0.4 is 0 Å². The molecule has 4 rings (SSSR count). The molecule has 0 bridgehead atoms. The van der Waals surface area contributed by atoms with Crippen molar-refractivity contribution >= 4 is 16.6 Å². The molecule has 3 aromatic rings. The van der Waals surface area contributed by atoms with Gasteiger partial charge in [0.15, 0.2) is 0 Å². The van der Waals surface area contributed by atoms with Crippen molar-refractivity contribution in [3.63, 3.8) is 0 Å². The Kier molecular flexibility index (Phi) is 6.48. The summed E-state index contributed by atoms with van der Waals surface area (Å²) in [4.78, 5) is 28.6. The molecule has 0 radical (unpaired) electrons. The van der Waals surface area contributed by atoms with Crippen LogP contribution in [-0.2, 0) is 11.2 Å². The van der Waals surface area contributed by atoms with E-state index < -0.39 is 0 Å². The third-order valence-corrected chi connectivity index (χ3v) is 5.89. The molecule has 1 saturated heterocycles. The first-order chi connectivity index (χ1) is 14.6. The van der Waals surface area contributed by atoms with E-state index in [0.29, 0.717) is 18.1 Å². The van der Waals surface area contributed by atoms with Crippen LogP contribution in [-0.4, -0.2) is 45.3 Å². The normalized spacial score (nSPS) is 17.9. The SMILES string of the molecule is CC(C)CN1CCCC(C(=O)Cc2cc3cc(-c4cnccn4)ccc3cn2)CC1. The van der Waals surface area contributed by atoms with Gasteiger partial charge in [0, 0.05) is 54.1 Å². The number of carbonyl (C=O) groups excluding carboxylic acids is 1. The highest BCUT2D eigenvalue weighted by Gasteiger charge is 2.23. The number of aromatic nitrogens is 3. The third kappa shape index (κ3) is 5.08. The van der Waals surface area contributed by atoms with E-state index in [1.54, 1.807) is 18.6 Å². The summed E-state index contributed by atoms with van der Waals surface area (Å²) in [5, 5.41) is 2.15. The molecule has 0 spiro atoms. The fourth-order valence-corrected chi connectivity index (χ4v) is 4.39. The Labute approximate surface area is 178 Å². The quantitative estimate of drug-likeness (QED) is 0.605. The minimum atomic E-state index is 0.158. The van der Waals surface area contributed by atoms with Crippen molar-refractivity contribution in [2.75, 3.05) is 19.6 Å². The van der Waals surface area contributed by atoms with Gasteiger partial charge >= 0.3 is 0 Å². The summed E-state index contributed by atoms with van der Waals surface area (Å²) in [6.07, 6.45) is 10.5. The molecule has 1 aromatic carbocycles. The molecule has 0 amide bonds. The molecule has 1 aliphatic rings. The van der Waals surface area contributed by atoms with E-state index in [0.717, 1.165) is 66.6 Å². The van der Waals surface area contributed by atoms with E-state index in [-0.39, 0.29) is 5.92 Å². The standard InChI is InChI=1S/C25H30N4O/c1-18(2)17-29-10-3-4-19(7-11-29)25(30)14-23-13-22-12-20(5-6-21(22)15-28-23)24-16-26-8-9-27-24/h5-6,8-9,12-13,15-16,18-19H,3-4,7,10-11,14,17H2,1-2H3. The molecule has 5 nitrogen and oxygen atoms in total. The second kappa shape index (κ2) is 9.43. The third-order valence-electron chi connectivity index (χ3n) is 5.89. The average molecular weight is 403 g/mol. The Hall–Kier alpha value is -2.66. The molecule has 3 heterocycles. The zero-order chi connectivity index (χ0) is 20.9. The Morgan fingerprint density at radius 3 is 2.77 bits per heavy atom. The molecule has 156 valence electrons.